The Labute approximate surface area is 175 Å². The monoisotopic (exact) mass is 413 g/mol. The number of anilines is 1. The number of fused-ring (bicyclic) bond motifs is 3. The lowest BCUT2D eigenvalue weighted by atomic mass is 10.00. The first-order valence-corrected chi connectivity index (χ1v) is 9.92. The third-order valence-electron chi connectivity index (χ3n) is 4.82. The van der Waals surface area contributed by atoms with Gasteiger partial charge in [0.2, 0.25) is 0 Å². The summed E-state index contributed by atoms with van der Waals surface area (Å²) in [6.07, 6.45) is 0.876. The zero-order valence-corrected chi connectivity index (χ0v) is 17.4. The SMILES string of the molecule is CN(C)CCC1=NN=C2CN=C(c3ccccc3Cl)c3cc(Cl)ccc3N2C1. The van der Waals surface area contributed by atoms with Crippen molar-refractivity contribution >= 4 is 46.1 Å². The number of amidine groups is 1. The second-order valence-electron chi connectivity index (χ2n) is 7.13. The lowest BCUT2D eigenvalue weighted by Gasteiger charge is -2.28. The molecule has 0 N–H and O–H groups in total. The molecule has 28 heavy (non-hydrogen) atoms. The number of aliphatic imine (C=N–C) groups is 1. The molecule has 2 aliphatic rings. The fourth-order valence-electron chi connectivity index (χ4n) is 3.36. The van der Waals surface area contributed by atoms with E-state index in [1.165, 1.54) is 0 Å². The maximum absolute atomic E-state index is 6.48. The van der Waals surface area contributed by atoms with Gasteiger partial charge in [0.15, 0.2) is 5.84 Å². The molecule has 2 aromatic rings. The topological polar surface area (TPSA) is 43.6 Å². The van der Waals surface area contributed by atoms with Gasteiger partial charge in [-0.3, -0.25) is 4.99 Å². The lowest BCUT2D eigenvalue weighted by molar-refractivity contribution is 0.421. The number of hydrogen-bond donors (Lipinski definition) is 0. The molecular formula is C21H21Cl2N5. The van der Waals surface area contributed by atoms with E-state index in [0.717, 1.165) is 47.0 Å². The summed E-state index contributed by atoms with van der Waals surface area (Å²) in [6.45, 7) is 2.08. The molecule has 0 unspecified atom stereocenters. The Hall–Kier alpha value is -2.21. The van der Waals surface area contributed by atoms with Crippen LogP contribution < -0.4 is 4.90 Å². The molecule has 0 fully saturated rings. The highest BCUT2D eigenvalue weighted by molar-refractivity contribution is 6.37. The Morgan fingerprint density at radius 3 is 2.64 bits per heavy atom. The number of hydrogen-bond acceptors (Lipinski definition) is 5. The molecule has 2 aliphatic heterocycles. The number of benzene rings is 2. The molecule has 0 aromatic heterocycles. The van der Waals surface area contributed by atoms with Crippen LogP contribution in [0.1, 0.15) is 17.5 Å². The molecule has 2 aromatic carbocycles. The number of halogens is 2. The van der Waals surface area contributed by atoms with Crippen LogP contribution in [0.25, 0.3) is 0 Å². The van der Waals surface area contributed by atoms with Crippen molar-refractivity contribution in [1.82, 2.24) is 4.90 Å². The van der Waals surface area contributed by atoms with E-state index in [-0.39, 0.29) is 0 Å². The Morgan fingerprint density at radius 2 is 1.86 bits per heavy atom. The quantitative estimate of drug-likeness (QED) is 0.746. The molecule has 4 rings (SSSR count). The first-order valence-electron chi connectivity index (χ1n) is 9.17. The third kappa shape index (κ3) is 3.83. The average molecular weight is 414 g/mol. The third-order valence-corrected chi connectivity index (χ3v) is 5.38. The summed E-state index contributed by atoms with van der Waals surface area (Å²) >= 11 is 12.8. The highest BCUT2D eigenvalue weighted by Crippen LogP contribution is 2.32. The van der Waals surface area contributed by atoms with E-state index in [1.807, 2.05) is 42.5 Å². The fraction of sp³-hybridized carbons (Fsp3) is 0.286. The Morgan fingerprint density at radius 1 is 1.04 bits per heavy atom. The van der Waals surface area contributed by atoms with E-state index in [4.69, 9.17) is 28.2 Å². The van der Waals surface area contributed by atoms with E-state index in [9.17, 15) is 0 Å². The van der Waals surface area contributed by atoms with Crippen molar-refractivity contribution in [2.45, 2.75) is 6.42 Å². The fourth-order valence-corrected chi connectivity index (χ4v) is 3.76. The molecular weight excluding hydrogens is 393 g/mol. The highest BCUT2D eigenvalue weighted by Gasteiger charge is 2.28. The molecule has 0 amide bonds. The van der Waals surface area contributed by atoms with Gasteiger partial charge in [0, 0.05) is 34.1 Å². The predicted molar refractivity (Wildman–Crippen MR) is 119 cm³/mol. The van der Waals surface area contributed by atoms with Gasteiger partial charge < -0.3 is 9.80 Å². The minimum absolute atomic E-state index is 0.442. The molecule has 0 radical (unpaired) electrons. The molecule has 7 heteroatoms. The minimum atomic E-state index is 0.442. The van der Waals surface area contributed by atoms with Gasteiger partial charge in [-0.15, -0.1) is 5.10 Å². The van der Waals surface area contributed by atoms with Crippen molar-refractivity contribution in [3.63, 3.8) is 0 Å². The van der Waals surface area contributed by atoms with Crippen molar-refractivity contribution < 1.29 is 0 Å². The smallest absolute Gasteiger partial charge is 0.154 e. The zero-order chi connectivity index (χ0) is 19.7. The number of nitrogens with zero attached hydrogens (tertiary/aromatic N) is 5. The van der Waals surface area contributed by atoms with Crippen LogP contribution in [-0.2, 0) is 0 Å². The van der Waals surface area contributed by atoms with Gasteiger partial charge in [-0.2, -0.15) is 5.10 Å². The molecule has 0 aliphatic carbocycles. The molecule has 0 bridgehead atoms. The summed E-state index contributed by atoms with van der Waals surface area (Å²) < 4.78 is 0. The Bertz CT molecular complexity index is 994. The summed E-state index contributed by atoms with van der Waals surface area (Å²) in [4.78, 5) is 9.18. The average Bonchev–Trinajstić information content (AvgIpc) is 2.83. The summed E-state index contributed by atoms with van der Waals surface area (Å²) in [5.74, 6) is 0.833. The van der Waals surface area contributed by atoms with Gasteiger partial charge in [-0.25, -0.2) is 0 Å². The largest absolute Gasteiger partial charge is 0.320 e. The van der Waals surface area contributed by atoms with E-state index in [1.54, 1.807) is 0 Å². The van der Waals surface area contributed by atoms with Crippen LogP contribution in [-0.4, -0.2) is 55.9 Å². The normalized spacial score (nSPS) is 16.0. The summed E-state index contributed by atoms with van der Waals surface area (Å²) in [5.41, 5.74) is 4.76. The molecule has 5 nitrogen and oxygen atoms in total. The zero-order valence-electron chi connectivity index (χ0n) is 15.9. The van der Waals surface area contributed by atoms with E-state index >= 15 is 0 Å². The van der Waals surface area contributed by atoms with Crippen LogP contribution in [0.5, 0.6) is 0 Å². The van der Waals surface area contributed by atoms with E-state index in [0.29, 0.717) is 23.1 Å². The van der Waals surface area contributed by atoms with Crippen molar-refractivity contribution in [2.24, 2.45) is 15.2 Å². The minimum Gasteiger partial charge on any atom is -0.320 e. The van der Waals surface area contributed by atoms with Gasteiger partial charge in [0.05, 0.1) is 30.2 Å². The molecule has 144 valence electrons. The summed E-state index contributed by atoms with van der Waals surface area (Å²) in [7, 11) is 4.12. The van der Waals surface area contributed by atoms with Crippen molar-refractivity contribution in [3.8, 4) is 0 Å². The maximum atomic E-state index is 6.48. The van der Waals surface area contributed by atoms with Crippen LogP contribution in [0.3, 0.4) is 0 Å². The predicted octanol–water partition coefficient (Wildman–Crippen LogP) is 4.37. The molecule has 0 saturated heterocycles. The van der Waals surface area contributed by atoms with E-state index in [2.05, 4.69) is 34.1 Å². The second kappa shape index (κ2) is 8.03. The van der Waals surface area contributed by atoms with Crippen molar-refractivity contribution in [2.75, 3.05) is 38.6 Å². The first-order chi connectivity index (χ1) is 13.5. The van der Waals surface area contributed by atoms with Gasteiger partial charge in [-0.1, -0.05) is 41.4 Å². The maximum Gasteiger partial charge on any atom is 0.154 e. The summed E-state index contributed by atoms with van der Waals surface area (Å²) in [5, 5.41) is 10.3. The summed E-state index contributed by atoms with van der Waals surface area (Å²) in [6, 6.07) is 13.6. The second-order valence-corrected chi connectivity index (χ2v) is 7.97. The van der Waals surface area contributed by atoms with Crippen molar-refractivity contribution in [1.29, 1.82) is 0 Å². The first kappa shape index (κ1) is 19.1. The Balaban J connectivity index is 1.77. The van der Waals surface area contributed by atoms with Gasteiger partial charge in [0.25, 0.3) is 0 Å². The van der Waals surface area contributed by atoms with Crippen LogP contribution in [0.2, 0.25) is 10.0 Å². The van der Waals surface area contributed by atoms with Crippen LogP contribution in [0.4, 0.5) is 5.69 Å². The van der Waals surface area contributed by atoms with Gasteiger partial charge >= 0.3 is 0 Å². The standard InChI is InChI=1S/C21H21Cl2N5/c1-27(2)10-9-15-13-28-19-8-7-14(22)11-17(19)21(24-12-20(28)26-25-15)16-5-3-4-6-18(16)23/h3-8,11H,9-10,12-13H2,1-2H3. The van der Waals surface area contributed by atoms with Crippen LogP contribution >= 0.6 is 23.2 Å². The Kier molecular flexibility index (Phi) is 5.49. The van der Waals surface area contributed by atoms with E-state index < -0.39 is 0 Å². The molecule has 0 atom stereocenters. The van der Waals surface area contributed by atoms with Gasteiger partial charge in [0.1, 0.15) is 0 Å². The van der Waals surface area contributed by atoms with Crippen LogP contribution in [0, 0.1) is 0 Å². The van der Waals surface area contributed by atoms with Crippen LogP contribution in [0.15, 0.2) is 57.7 Å². The van der Waals surface area contributed by atoms with Crippen molar-refractivity contribution in [3.05, 3.63) is 63.6 Å². The highest BCUT2D eigenvalue weighted by atomic mass is 35.5. The molecule has 2 heterocycles. The molecule has 0 spiro atoms. The lowest BCUT2D eigenvalue weighted by Crippen LogP contribution is -2.40. The van der Waals surface area contributed by atoms with Gasteiger partial charge in [-0.05, 0) is 38.4 Å². The molecule has 0 saturated carbocycles. The number of rotatable bonds is 4.